The van der Waals surface area contributed by atoms with Crippen molar-refractivity contribution in [3.05, 3.63) is 52.3 Å². The van der Waals surface area contributed by atoms with Gasteiger partial charge in [0.25, 0.3) is 5.69 Å². The van der Waals surface area contributed by atoms with Gasteiger partial charge in [-0.3, -0.25) is 14.9 Å². The first-order valence-corrected chi connectivity index (χ1v) is 5.50. The SMILES string of the molecule is O=C(N=C=S)c1ccc(-c2ccccc2[N+](=O)[O-])o1. The van der Waals surface area contributed by atoms with Crippen LogP contribution in [0.2, 0.25) is 0 Å². The van der Waals surface area contributed by atoms with Crippen LogP contribution in [-0.2, 0) is 0 Å². The highest BCUT2D eigenvalue weighted by Gasteiger charge is 2.18. The fraction of sp³-hybridized carbons (Fsp3) is 0. The van der Waals surface area contributed by atoms with Crippen LogP contribution in [-0.4, -0.2) is 16.0 Å². The lowest BCUT2D eigenvalue weighted by Gasteiger charge is -1.98. The summed E-state index contributed by atoms with van der Waals surface area (Å²) in [6.07, 6.45) is 0. The topological polar surface area (TPSA) is 85.7 Å². The van der Waals surface area contributed by atoms with E-state index < -0.39 is 10.8 Å². The van der Waals surface area contributed by atoms with Gasteiger partial charge < -0.3 is 4.42 Å². The molecule has 7 heteroatoms. The minimum Gasteiger partial charge on any atom is -0.451 e. The Morgan fingerprint density at radius 1 is 1.32 bits per heavy atom. The number of amides is 1. The molecule has 0 radical (unpaired) electrons. The molecule has 0 unspecified atom stereocenters. The van der Waals surface area contributed by atoms with Crippen LogP contribution in [0.15, 0.2) is 45.8 Å². The maximum Gasteiger partial charge on any atom is 0.321 e. The van der Waals surface area contributed by atoms with Gasteiger partial charge >= 0.3 is 5.91 Å². The molecule has 0 N–H and O–H groups in total. The van der Waals surface area contributed by atoms with Crippen molar-refractivity contribution in [2.45, 2.75) is 0 Å². The average molecular weight is 274 g/mol. The van der Waals surface area contributed by atoms with Crippen LogP contribution in [0.25, 0.3) is 11.3 Å². The molecule has 0 fully saturated rings. The second-order valence-electron chi connectivity index (χ2n) is 3.45. The maximum absolute atomic E-state index is 11.4. The van der Waals surface area contributed by atoms with E-state index in [0.717, 1.165) is 0 Å². The summed E-state index contributed by atoms with van der Waals surface area (Å²) in [5.74, 6) is -0.513. The van der Waals surface area contributed by atoms with Crippen LogP contribution in [0, 0.1) is 10.1 Å². The van der Waals surface area contributed by atoms with Crippen molar-refractivity contribution in [2.75, 3.05) is 0 Å². The number of isothiocyanates is 1. The fourth-order valence-corrected chi connectivity index (χ4v) is 1.62. The highest BCUT2D eigenvalue weighted by atomic mass is 32.1. The first kappa shape index (κ1) is 12.8. The highest BCUT2D eigenvalue weighted by Crippen LogP contribution is 2.30. The Bertz CT molecular complexity index is 701. The van der Waals surface area contributed by atoms with E-state index in [0.29, 0.717) is 0 Å². The Morgan fingerprint density at radius 2 is 2.05 bits per heavy atom. The number of hydrogen-bond donors (Lipinski definition) is 0. The largest absolute Gasteiger partial charge is 0.451 e. The van der Waals surface area contributed by atoms with Gasteiger partial charge in [0.1, 0.15) is 5.76 Å². The van der Waals surface area contributed by atoms with Gasteiger partial charge in [0.05, 0.1) is 15.6 Å². The summed E-state index contributed by atoms with van der Waals surface area (Å²) < 4.78 is 5.24. The van der Waals surface area contributed by atoms with Gasteiger partial charge in [-0.15, -0.1) is 4.99 Å². The van der Waals surface area contributed by atoms with Crippen molar-refractivity contribution in [1.82, 2.24) is 0 Å². The molecule has 1 aromatic carbocycles. The minimum absolute atomic E-state index is 0.0505. The second-order valence-corrected chi connectivity index (χ2v) is 3.63. The summed E-state index contributed by atoms with van der Waals surface area (Å²) in [6, 6.07) is 8.93. The molecule has 2 aromatic rings. The average Bonchev–Trinajstić information content (AvgIpc) is 2.88. The molecule has 0 aliphatic carbocycles. The fourth-order valence-electron chi connectivity index (χ4n) is 1.54. The third kappa shape index (κ3) is 2.62. The van der Waals surface area contributed by atoms with E-state index in [-0.39, 0.29) is 22.8 Å². The number of carbonyl (C=O) groups excluding carboxylic acids is 1. The number of thiocarbonyl (C=S) groups is 1. The molecule has 2 rings (SSSR count). The molecular formula is C12H6N2O4S. The summed E-state index contributed by atoms with van der Waals surface area (Å²) in [7, 11) is 0. The molecule has 0 spiro atoms. The summed E-state index contributed by atoms with van der Waals surface area (Å²) in [6.45, 7) is 0. The number of nitro benzene ring substituents is 1. The second kappa shape index (κ2) is 5.34. The zero-order valence-electron chi connectivity index (χ0n) is 9.40. The number of benzene rings is 1. The quantitative estimate of drug-likeness (QED) is 0.371. The normalized spacial score (nSPS) is 9.68. The van der Waals surface area contributed by atoms with Crippen LogP contribution < -0.4 is 0 Å². The predicted molar refractivity (Wildman–Crippen MR) is 70.2 cm³/mol. The number of nitro groups is 1. The summed E-state index contributed by atoms with van der Waals surface area (Å²) in [4.78, 5) is 25.0. The molecule has 0 atom stereocenters. The van der Waals surface area contributed by atoms with Crippen molar-refractivity contribution in [1.29, 1.82) is 0 Å². The van der Waals surface area contributed by atoms with Crippen molar-refractivity contribution in [3.63, 3.8) is 0 Å². The van der Waals surface area contributed by atoms with Gasteiger partial charge in [0.2, 0.25) is 0 Å². The van der Waals surface area contributed by atoms with E-state index in [4.69, 9.17) is 4.42 Å². The molecule has 1 aromatic heterocycles. The van der Waals surface area contributed by atoms with Gasteiger partial charge in [-0.1, -0.05) is 12.1 Å². The molecule has 6 nitrogen and oxygen atoms in total. The first-order chi connectivity index (χ1) is 9.13. The minimum atomic E-state index is -0.681. The van der Waals surface area contributed by atoms with E-state index >= 15 is 0 Å². The van der Waals surface area contributed by atoms with Gasteiger partial charge in [-0.05, 0) is 30.4 Å². The third-order valence-corrected chi connectivity index (χ3v) is 2.42. The molecule has 19 heavy (non-hydrogen) atoms. The van der Waals surface area contributed by atoms with Crippen LogP contribution in [0.3, 0.4) is 0 Å². The van der Waals surface area contributed by atoms with E-state index in [1.54, 1.807) is 12.1 Å². The lowest BCUT2D eigenvalue weighted by Crippen LogP contribution is -1.91. The van der Waals surface area contributed by atoms with Gasteiger partial charge in [-0.25, -0.2) is 0 Å². The molecule has 0 bridgehead atoms. The van der Waals surface area contributed by atoms with Crippen LogP contribution in [0.5, 0.6) is 0 Å². The van der Waals surface area contributed by atoms with E-state index in [1.807, 2.05) is 5.16 Å². The summed E-state index contributed by atoms with van der Waals surface area (Å²) >= 11 is 4.32. The number of hydrogen-bond acceptors (Lipinski definition) is 5. The van der Waals surface area contributed by atoms with Gasteiger partial charge in [0.15, 0.2) is 5.76 Å². The first-order valence-electron chi connectivity index (χ1n) is 5.09. The van der Waals surface area contributed by atoms with Crippen LogP contribution >= 0.6 is 12.2 Å². The Balaban J connectivity index is 2.46. The van der Waals surface area contributed by atoms with Crippen molar-refractivity contribution >= 4 is 29.0 Å². The maximum atomic E-state index is 11.4. The number of aliphatic imine (C=N–C) groups is 1. The van der Waals surface area contributed by atoms with Gasteiger partial charge in [0, 0.05) is 6.07 Å². The summed E-state index contributed by atoms with van der Waals surface area (Å²) in [5.41, 5.74) is 0.187. The van der Waals surface area contributed by atoms with E-state index in [2.05, 4.69) is 17.2 Å². The van der Waals surface area contributed by atoms with E-state index in [9.17, 15) is 14.9 Å². The molecule has 0 saturated heterocycles. The van der Waals surface area contributed by atoms with Crippen molar-refractivity contribution in [3.8, 4) is 11.3 Å². The number of nitrogens with zero attached hydrogens (tertiary/aromatic N) is 2. The molecular weight excluding hydrogens is 268 g/mol. The van der Waals surface area contributed by atoms with Crippen molar-refractivity contribution < 1.29 is 14.1 Å². The Hall–Kier alpha value is -2.63. The smallest absolute Gasteiger partial charge is 0.321 e. The van der Waals surface area contributed by atoms with Crippen LogP contribution in [0.1, 0.15) is 10.6 Å². The number of rotatable bonds is 3. The lowest BCUT2D eigenvalue weighted by molar-refractivity contribution is -0.384. The molecule has 1 amide bonds. The molecule has 0 aliphatic rings. The molecule has 94 valence electrons. The third-order valence-electron chi connectivity index (χ3n) is 2.33. The Labute approximate surface area is 112 Å². The summed E-state index contributed by atoms with van der Waals surface area (Å²) in [5, 5.41) is 12.8. The Morgan fingerprint density at radius 3 is 2.74 bits per heavy atom. The monoisotopic (exact) mass is 274 g/mol. The standard InChI is InChI=1S/C12H6N2O4S/c15-12(13-7-19)11-6-5-10(18-11)8-3-1-2-4-9(8)14(16)17/h1-6H. The molecule has 0 aliphatic heterocycles. The molecule has 1 heterocycles. The van der Waals surface area contributed by atoms with Crippen molar-refractivity contribution in [2.24, 2.45) is 4.99 Å². The van der Waals surface area contributed by atoms with Gasteiger partial charge in [-0.2, -0.15) is 0 Å². The zero-order valence-corrected chi connectivity index (χ0v) is 10.2. The zero-order chi connectivity index (χ0) is 13.8. The lowest BCUT2D eigenvalue weighted by atomic mass is 10.1. The number of para-hydroxylation sites is 1. The van der Waals surface area contributed by atoms with E-state index in [1.165, 1.54) is 24.3 Å². The predicted octanol–water partition coefficient (Wildman–Crippen LogP) is 3.10. The Kier molecular flexibility index (Phi) is 3.61. The van der Waals surface area contributed by atoms with Crippen LogP contribution in [0.4, 0.5) is 5.69 Å². The highest BCUT2D eigenvalue weighted by molar-refractivity contribution is 7.78. The molecule has 0 saturated carbocycles. The number of carbonyl (C=O) groups is 1. The number of furan rings is 1.